The van der Waals surface area contributed by atoms with Gasteiger partial charge in [-0.05, 0) is 50.6 Å². The van der Waals surface area contributed by atoms with Gasteiger partial charge in [0.25, 0.3) is 0 Å². The van der Waals surface area contributed by atoms with Crippen molar-refractivity contribution in [1.82, 2.24) is 5.32 Å². The first kappa shape index (κ1) is 22.4. The Bertz CT molecular complexity index is 964. The molecule has 1 amide bonds. The first-order valence-electron chi connectivity index (χ1n) is 8.99. The summed E-state index contributed by atoms with van der Waals surface area (Å²) in [6.45, 7) is 5.12. The third-order valence-corrected chi connectivity index (χ3v) is 4.81. The van der Waals surface area contributed by atoms with Crippen LogP contribution in [0.3, 0.4) is 0 Å². The maximum absolute atomic E-state index is 12.7. The van der Waals surface area contributed by atoms with E-state index in [1.165, 1.54) is 12.1 Å². The van der Waals surface area contributed by atoms with Crippen LogP contribution in [0.25, 0.3) is 0 Å². The van der Waals surface area contributed by atoms with Crippen LogP contribution >= 0.6 is 0 Å². The molecule has 0 spiro atoms. The van der Waals surface area contributed by atoms with Crippen LogP contribution in [0, 0.1) is 0 Å². The number of hydrogen-bond acceptors (Lipinski definition) is 6. The second-order valence-corrected chi connectivity index (χ2v) is 9.57. The molecule has 1 atom stereocenters. The molecule has 0 aliphatic heterocycles. The second kappa shape index (κ2) is 9.09. The number of carbonyl (C=O) groups excluding carboxylic acids is 2. The molecule has 0 bridgehead atoms. The van der Waals surface area contributed by atoms with Crippen molar-refractivity contribution >= 4 is 21.9 Å². The molecule has 0 unspecified atom stereocenters. The number of rotatable bonds is 6. The van der Waals surface area contributed by atoms with Crippen molar-refractivity contribution in [3.63, 3.8) is 0 Å². The summed E-state index contributed by atoms with van der Waals surface area (Å²) in [6.07, 6.45) is 0.368. The Balaban J connectivity index is 2.24. The van der Waals surface area contributed by atoms with Crippen molar-refractivity contribution in [2.24, 2.45) is 0 Å². The minimum absolute atomic E-state index is 0.0360. The Morgan fingerprint density at radius 3 is 2.28 bits per heavy atom. The van der Waals surface area contributed by atoms with E-state index in [0.717, 1.165) is 6.26 Å². The lowest BCUT2D eigenvalue weighted by atomic mass is 10.1. The third kappa shape index (κ3) is 7.57. The molecular formula is C21H25NO6S. The number of hydrogen-bond donors (Lipinski definition) is 1. The molecule has 8 heteroatoms. The normalized spacial score (nSPS) is 12.7. The Morgan fingerprint density at radius 1 is 1.03 bits per heavy atom. The fourth-order valence-electron chi connectivity index (χ4n) is 2.46. The van der Waals surface area contributed by atoms with Gasteiger partial charge in [-0.3, -0.25) is 0 Å². The Labute approximate surface area is 170 Å². The fraction of sp³-hybridized carbons (Fsp3) is 0.333. The van der Waals surface area contributed by atoms with Crippen LogP contribution < -0.4 is 10.1 Å². The van der Waals surface area contributed by atoms with E-state index in [1.807, 2.05) is 0 Å². The molecule has 0 aromatic heterocycles. The molecule has 2 aromatic carbocycles. The van der Waals surface area contributed by atoms with Crippen LogP contribution in [-0.4, -0.2) is 38.4 Å². The summed E-state index contributed by atoms with van der Waals surface area (Å²) >= 11 is 0. The van der Waals surface area contributed by atoms with Gasteiger partial charge in [0.15, 0.2) is 9.84 Å². The Hall–Kier alpha value is -2.87. The number of carbonyl (C=O) groups is 2. The summed E-state index contributed by atoms with van der Waals surface area (Å²) in [7, 11) is -3.41. The lowest BCUT2D eigenvalue weighted by molar-refractivity contribution is -0.136. The number of para-hydroxylation sites is 1. The maximum atomic E-state index is 12.7. The van der Waals surface area contributed by atoms with Crippen LogP contribution in [0.5, 0.6) is 5.75 Å². The summed E-state index contributed by atoms with van der Waals surface area (Å²) in [5.74, 6) is -0.356. The number of benzene rings is 2. The van der Waals surface area contributed by atoms with Gasteiger partial charge in [0.1, 0.15) is 17.4 Å². The van der Waals surface area contributed by atoms with E-state index in [0.29, 0.717) is 11.3 Å². The highest BCUT2D eigenvalue weighted by Gasteiger charge is 2.26. The SMILES string of the molecule is CC(C)(C)OC(=O)N[C@@H](Cc1cccc(S(C)(=O)=O)c1)C(=O)Oc1ccccc1. The van der Waals surface area contributed by atoms with E-state index in [4.69, 9.17) is 9.47 Å². The van der Waals surface area contributed by atoms with Gasteiger partial charge in [0, 0.05) is 12.7 Å². The number of alkyl carbamates (subject to hydrolysis) is 1. The van der Waals surface area contributed by atoms with E-state index >= 15 is 0 Å². The lowest BCUT2D eigenvalue weighted by Crippen LogP contribution is -2.46. The highest BCUT2D eigenvalue weighted by Crippen LogP contribution is 2.16. The molecule has 1 N–H and O–H groups in total. The van der Waals surface area contributed by atoms with Crippen LogP contribution in [0.15, 0.2) is 59.5 Å². The van der Waals surface area contributed by atoms with Crippen LogP contribution in [0.4, 0.5) is 4.79 Å². The molecule has 0 aliphatic rings. The highest BCUT2D eigenvalue weighted by atomic mass is 32.2. The second-order valence-electron chi connectivity index (χ2n) is 7.56. The van der Waals surface area contributed by atoms with Gasteiger partial charge in [-0.25, -0.2) is 18.0 Å². The highest BCUT2D eigenvalue weighted by molar-refractivity contribution is 7.90. The van der Waals surface area contributed by atoms with Gasteiger partial charge in [-0.15, -0.1) is 0 Å². The Morgan fingerprint density at radius 2 is 1.69 bits per heavy atom. The summed E-state index contributed by atoms with van der Waals surface area (Å²) in [5, 5.41) is 2.52. The summed E-state index contributed by atoms with van der Waals surface area (Å²) in [6, 6.07) is 13.6. The van der Waals surface area contributed by atoms with Crippen molar-refractivity contribution in [3.8, 4) is 5.75 Å². The minimum atomic E-state index is -3.41. The van der Waals surface area contributed by atoms with Gasteiger partial charge in [-0.1, -0.05) is 30.3 Å². The summed E-state index contributed by atoms with van der Waals surface area (Å²) < 4.78 is 34.2. The molecule has 7 nitrogen and oxygen atoms in total. The molecule has 2 aromatic rings. The maximum Gasteiger partial charge on any atom is 0.408 e. The van der Waals surface area contributed by atoms with Crippen molar-refractivity contribution in [3.05, 3.63) is 60.2 Å². The molecule has 0 saturated carbocycles. The largest absolute Gasteiger partial charge is 0.444 e. The molecule has 0 saturated heterocycles. The molecular weight excluding hydrogens is 394 g/mol. The number of ether oxygens (including phenoxy) is 2. The Kier molecular flexibility index (Phi) is 7.02. The molecule has 156 valence electrons. The van der Waals surface area contributed by atoms with E-state index < -0.39 is 33.5 Å². The van der Waals surface area contributed by atoms with E-state index in [9.17, 15) is 18.0 Å². The molecule has 0 radical (unpaired) electrons. The van der Waals surface area contributed by atoms with Gasteiger partial charge >= 0.3 is 12.1 Å². The minimum Gasteiger partial charge on any atom is -0.444 e. The molecule has 0 fully saturated rings. The zero-order valence-corrected chi connectivity index (χ0v) is 17.7. The lowest BCUT2D eigenvalue weighted by Gasteiger charge is -2.23. The predicted octanol–water partition coefficient (Wildman–Crippen LogP) is 3.13. The number of amides is 1. The van der Waals surface area contributed by atoms with Crippen molar-refractivity contribution in [1.29, 1.82) is 0 Å². The molecule has 29 heavy (non-hydrogen) atoms. The van der Waals surface area contributed by atoms with Gasteiger partial charge in [-0.2, -0.15) is 0 Å². The number of esters is 1. The molecule has 2 rings (SSSR count). The van der Waals surface area contributed by atoms with Gasteiger partial charge < -0.3 is 14.8 Å². The number of sulfone groups is 1. The van der Waals surface area contributed by atoms with Crippen LogP contribution in [0.2, 0.25) is 0 Å². The monoisotopic (exact) mass is 419 g/mol. The van der Waals surface area contributed by atoms with Crippen LogP contribution in [-0.2, 0) is 25.8 Å². The van der Waals surface area contributed by atoms with Gasteiger partial charge in [0.2, 0.25) is 0 Å². The predicted molar refractivity (Wildman–Crippen MR) is 108 cm³/mol. The van der Waals surface area contributed by atoms with E-state index in [2.05, 4.69) is 5.32 Å². The first-order valence-corrected chi connectivity index (χ1v) is 10.9. The number of nitrogens with one attached hydrogen (secondary N) is 1. The smallest absolute Gasteiger partial charge is 0.408 e. The average molecular weight is 419 g/mol. The molecule has 0 aliphatic carbocycles. The standard InChI is InChI=1S/C21H25NO6S/c1-21(2,3)28-20(24)22-18(19(23)27-16-10-6-5-7-11-16)14-15-9-8-12-17(13-15)29(4,25)26/h5-13,18H,14H2,1-4H3,(H,22,24)/t18-/m0/s1. The van der Waals surface area contributed by atoms with Crippen molar-refractivity contribution in [2.75, 3.05) is 6.26 Å². The van der Waals surface area contributed by atoms with E-state index in [1.54, 1.807) is 63.2 Å². The van der Waals surface area contributed by atoms with Gasteiger partial charge in [0.05, 0.1) is 4.90 Å². The van der Waals surface area contributed by atoms with Crippen LogP contribution in [0.1, 0.15) is 26.3 Å². The fourth-order valence-corrected chi connectivity index (χ4v) is 3.15. The average Bonchev–Trinajstić information content (AvgIpc) is 2.60. The van der Waals surface area contributed by atoms with E-state index in [-0.39, 0.29) is 11.3 Å². The van der Waals surface area contributed by atoms with Crippen molar-refractivity contribution in [2.45, 2.75) is 43.7 Å². The quantitative estimate of drug-likeness (QED) is 0.571. The summed E-state index contributed by atoms with van der Waals surface area (Å²) in [5.41, 5.74) is -0.187. The zero-order chi connectivity index (χ0) is 21.7. The molecule has 0 heterocycles. The third-order valence-electron chi connectivity index (χ3n) is 3.70. The van der Waals surface area contributed by atoms with Crippen molar-refractivity contribution < 1.29 is 27.5 Å². The first-order chi connectivity index (χ1) is 13.4. The zero-order valence-electron chi connectivity index (χ0n) is 16.8. The topological polar surface area (TPSA) is 98.8 Å². The summed E-state index contributed by atoms with van der Waals surface area (Å²) in [4.78, 5) is 25.0.